The van der Waals surface area contributed by atoms with Gasteiger partial charge in [0.15, 0.2) is 0 Å². The van der Waals surface area contributed by atoms with Crippen LogP contribution in [0.2, 0.25) is 0 Å². The molecular weight excluding hydrogens is 218 g/mol. The van der Waals surface area contributed by atoms with Crippen molar-refractivity contribution in [3.63, 3.8) is 0 Å². The topological polar surface area (TPSA) is 12.9 Å². The fourth-order valence-corrected chi connectivity index (χ4v) is 2.22. The number of pyridine rings is 1. The zero-order chi connectivity index (χ0) is 13.3. The summed E-state index contributed by atoms with van der Waals surface area (Å²) in [4.78, 5) is 4.61. The van der Waals surface area contributed by atoms with Crippen molar-refractivity contribution in [3.05, 3.63) is 53.2 Å². The maximum atomic E-state index is 4.61. The van der Waals surface area contributed by atoms with Gasteiger partial charge >= 0.3 is 0 Å². The van der Waals surface area contributed by atoms with Crippen LogP contribution in [0, 0.1) is 13.8 Å². The number of rotatable bonds is 1. The second-order valence-electron chi connectivity index (χ2n) is 6.00. The molecule has 0 unspecified atom stereocenters. The third kappa shape index (κ3) is 2.61. The summed E-state index contributed by atoms with van der Waals surface area (Å²) in [5.41, 5.74) is 6.31. The van der Waals surface area contributed by atoms with Crippen molar-refractivity contribution in [3.8, 4) is 11.3 Å². The van der Waals surface area contributed by atoms with E-state index in [0.717, 1.165) is 5.69 Å². The third-order valence-corrected chi connectivity index (χ3v) is 3.27. The smallest absolute Gasteiger partial charge is 0.0704 e. The lowest BCUT2D eigenvalue weighted by Crippen LogP contribution is -2.13. The summed E-state index contributed by atoms with van der Waals surface area (Å²) in [5.74, 6) is 0. The van der Waals surface area contributed by atoms with Crippen molar-refractivity contribution in [2.24, 2.45) is 0 Å². The maximum absolute atomic E-state index is 4.61. The molecule has 1 aromatic heterocycles. The molecule has 0 N–H and O–H groups in total. The molecule has 94 valence electrons. The highest BCUT2D eigenvalue weighted by atomic mass is 14.7. The van der Waals surface area contributed by atoms with Crippen LogP contribution in [0.5, 0.6) is 0 Å². The largest absolute Gasteiger partial charge is 0.256 e. The van der Waals surface area contributed by atoms with Crippen LogP contribution in [0.25, 0.3) is 11.3 Å². The molecular formula is C17H21N. The zero-order valence-electron chi connectivity index (χ0n) is 11.9. The first-order valence-corrected chi connectivity index (χ1v) is 6.42. The highest BCUT2D eigenvalue weighted by molar-refractivity contribution is 5.60. The molecule has 18 heavy (non-hydrogen) atoms. The monoisotopic (exact) mass is 239 g/mol. The summed E-state index contributed by atoms with van der Waals surface area (Å²) in [6, 6.07) is 10.7. The standard InChI is InChI=1S/C17H21N/c1-12-6-8-14(9-7-12)16-10-13(2)15(11-18-16)17(3,4)5/h6-11H,1-5H3. The van der Waals surface area contributed by atoms with E-state index in [1.54, 1.807) is 0 Å². The predicted octanol–water partition coefficient (Wildman–Crippen LogP) is 4.66. The van der Waals surface area contributed by atoms with E-state index in [-0.39, 0.29) is 5.41 Å². The quantitative estimate of drug-likeness (QED) is 0.705. The molecule has 0 amide bonds. The lowest BCUT2D eigenvalue weighted by atomic mass is 9.85. The number of hydrogen-bond acceptors (Lipinski definition) is 1. The Morgan fingerprint density at radius 3 is 2.06 bits per heavy atom. The molecule has 0 spiro atoms. The maximum Gasteiger partial charge on any atom is 0.0704 e. The molecule has 0 radical (unpaired) electrons. The van der Waals surface area contributed by atoms with E-state index in [0.29, 0.717) is 0 Å². The van der Waals surface area contributed by atoms with Gasteiger partial charge in [-0.25, -0.2) is 0 Å². The molecule has 1 aromatic carbocycles. The van der Waals surface area contributed by atoms with E-state index < -0.39 is 0 Å². The first-order chi connectivity index (χ1) is 8.38. The molecule has 0 bridgehead atoms. The number of hydrogen-bond donors (Lipinski definition) is 0. The van der Waals surface area contributed by atoms with Gasteiger partial charge in [0.2, 0.25) is 0 Å². The fourth-order valence-electron chi connectivity index (χ4n) is 2.22. The SMILES string of the molecule is Cc1ccc(-c2cc(C)c(C(C)(C)C)cn2)cc1. The van der Waals surface area contributed by atoms with Crippen LogP contribution in [-0.2, 0) is 5.41 Å². The Kier molecular flexibility index (Phi) is 3.25. The first kappa shape index (κ1) is 12.8. The van der Waals surface area contributed by atoms with Crippen LogP contribution < -0.4 is 0 Å². The highest BCUT2D eigenvalue weighted by Crippen LogP contribution is 2.27. The Labute approximate surface area is 110 Å². The summed E-state index contributed by atoms with van der Waals surface area (Å²) in [5, 5.41) is 0. The molecule has 0 saturated carbocycles. The van der Waals surface area contributed by atoms with Gasteiger partial charge in [-0.05, 0) is 36.5 Å². The Morgan fingerprint density at radius 2 is 1.56 bits per heavy atom. The molecule has 2 rings (SSSR count). The van der Waals surface area contributed by atoms with Crippen LogP contribution in [0.1, 0.15) is 37.5 Å². The Morgan fingerprint density at radius 1 is 0.944 bits per heavy atom. The molecule has 0 atom stereocenters. The van der Waals surface area contributed by atoms with Gasteiger partial charge in [-0.15, -0.1) is 0 Å². The number of nitrogens with zero attached hydrogens (tertiary/aromatic N) is 1. The second-order valence-corrected chi connectivity index (χ2v) is 6.00. The van der Waals surface area contributed by atoms with Crippen molar-refractivity contribution in [1.29, 1.82) is 0 Å². The molecule has 1 nitrogen and oxygen atoms in total. The van der Waals surface area contributed by atoms with Crippen LogP contribution in [0.4, 0.5) is 0 Å². The van der Waals surface area contributed by atoms with Gasteiger partial charge in [0.05, 0.1) is 5.69 Å². The summed E-state index contributed by atoms with van der Waals surface area (Å²) in [7, 11) is 0. The number of benzene rings is 1. The first-order valence-electron chi connectivity index (χ1n) is 6.42. The van der Waals surface area contributed by atoms with Gasteiger partial charge in [-0.3, -0.25) is 4.98 Å². The summed E-state index contributed by atoms with van der Waals surface area (Å²) in [6.45, 7) is 10.9. The molecule has 0 fully saturated rings. The van der Waals surface area contributed by atoms with Crippen molar-refractivity contribution in [2.45, 2.75) is 40.0 Å². The summed E-state index contributed by atoms with van der Waals surface area (Å²) < 4.78 is 0. The van der Waals surface area contributed by atoms with Gasteiger partial charge < -0.3 is 0 Å². The molecule has 2 aromatic rings. The van der Waals surface area contributed by atoms with E-state index in [4.69, 9.17) is 0 Å². The third-order valence-electron chi connectivity index (χ3n) is 3.27. The Hall–Kier alpha value is -1.63. The normalized spacial score (nSPS) is 11.6. The highest BCUT2D eigenvalue weighted by Gasteiger charge is 2.17. The van der Waals surface area contributed by atoms with E-state index in [1.807, 2.05) is 6.20 Å². The lowest BCUT2D eigenvalue weighted by Gasteiger charge is -2.21. The predicted molar refractivity (Wildman–Crippen MR) is 77.8 cm³/mol. The molecule has 0 aliphatic heterocycles. The number of aryl methyl sites for hydroxylation is 2. The van der Waals surface area contributed by atoms with Gasteiger partial charge in [0.1, 0.15) is 0 Å². The van der Waals surface area contributed by atoms with E-state index in [1.165, 1.54) is 22.3 Å². The number of aromatic nitrogens is 1. The van der Waals surface area contributed by atoms with Crippen molar-refractivity contribution in [1.82, 2.24) is 4.98 Å². The summed E-state index contributed by atoms with van der Waals surface area (Å²) >= 11 is 0. The average molecular weight is 239 g/mol. The molecule has 0 aliphatic rings. The molecule has 0 aliphatic carbocycles. The Bertz CT molecular complexity index is 545. The van der Waals surface area contributed by atoms with Gasteiger partial charge in [-0.1, -0.05) is 50.6 Å². The average Bonchev–Trinajstić information content (AvgIpc) is 2.28. The van der Waals surface area contributed by atoms with Crippen LogP contribution in [0.15, 0.2) is 36.5 Å². The minimum Gasteiger partial charge on any atom is -0.256 e. The van der Waals surface area contributed by atoms with Crippen molar-refractivity contribution < 1.29 is 0 Å². The second kappa shape index (κ2) is 4.56. The fraction of sp³-hybridized carbons (Fsp3) is 0.353. The molecule has 1 heterocycles. The van der Waals surface area contributed by atoms with E-state index in [2.05, 4.69) is 69.9 Å². The molecule has 0 saturated heterocycles. The van der Waals surface area contributed by atoms with Crippen LogP contribution >= 0.6 is 0 Å². The zero-order valence-corrected chi connectivity index (χ0v) is 11.9. The molecule has 1 heteroatoms. The van der Waals surface area contributed by atoms with Gasteiger partial charge in [0, 0.05) is 11.8 Å². The van der Waals surface area contributed by atoms with Gasteiger partial charge in [-0.2, -0.15) is 0 Å². The van der Waals surface area contributed by atoms with Crippen LogP contribution in [0.3, 0.4) is 0 Å². The van der Waals surface area contributed by atoms with Crippen molar-refractivity contribution >= 4 is 0 Å². The van der Waals surface area contributed by atoms with Gasteiger partial charge in [0.25, 0.3) is 0 Å². The van der Waals surface area contributed by atoms with Crippen LogP contribution in [-0.4, -0.2) is 4.98 Å². The van der Waals surface area contributed by atoms with E-state index in [9.17, 15) is 0 Å². The Balaban J connectivity index is 2.43. The minimum atomic E-state index is 0.156. The minimum absolute atomic E-state index is 0.156. The summed E-state index contributed by atoms with van der Waals surface area (Å²) in [6.07, 6.45) is 2.02. The van der Waals surface area contributed by atoms with E-state index >= 15 is 0 Å². The van der Waals surface area contributed by atoms with Crippen molar-refractivity contribution in [2.75, 3.05) is 0 Å². The lowest BCUT2D eigenvalue weighted by molar-refractivity contribution is 0.583.